The van der Waals surface area contributed by atoms with Gasteiger partial charge in [0, 0.05) is 35.6 Å². The molecule has 1 aliphatic heterocycles. The van der Waals surface area contributed by atoms with E-state index in [0.29, 0.717) is 40.1 Å². The molecule has 2 aromatic rings. The van der Waals surface area contributed by atoms with Crippen molar-refractivity contribution in [3.05, 3.63) is 68.7 Å². The van der Waals surface area contributed by atoms with Crippen molar-refractivity contribution in [3.8, 4) is 0 Å². The molecule has 1 fully saturated rings. The smallest absolute Gasteiger partial charge is 0.410 e. The molecule has 0 aromatic heterocycles. The molecule has 1 heterocycles. The van der Waals surface area contributed by atoms with Gasteiger partial charge in [-0.3, -0.25) is 4.79 Å². The Morgan fingerprint density at radius 2 is 1.71 bits per heavy atom. The highest BCUT2D eigenvalue weighted by Crippen LogP contribution is 2.32. The number of likely N-dealkylation sites (tertiary alicyclic amines) is 1. The Morgan fingerprint density at radius 3 is 2.32 bits per heavy atom. The highest BCUT2D eigenvalue weighted by Gasteiger charge is 2.35. The lowest BCUT2D eigenvalue weighted by Gasteiger charge is -2.39. The first kappa shape index (κ1) is 23.7. The molecule has 2 atom stereocenters. The van der Waals surface area contributed by atoms with Crippen molar-refractivity contribution in [2.24, 2.45) is 0 Å². The van der Waals surface area contributed by atoms with Gasteiger partial charge in [0.05, 0.1) is 10.0 Å². The van der Waals surface area contributed by atoms with E-state index in [-0.39, 0.29) is 24.0 Å². The Kier molecular flexibility index (Phi) is 7.40. The summed E-state index contributed by atoms with van der Waals surface area (Å²) in [7, 11) is 0. The van der Waals surface area contributed by atoms with Crippen LogP contribution in [0.15, 0.2) is 42.5 Å². The molecule has 5 nitrogen and oxygen atoms in total. The normalized spacial score (nSPS) is 19.1. The standard InChI is InChI=1S/C23H25Cl3N2O3/c1-23(2,3)31-22(30)28-11-10-20(27-21(29)14-4-7-16(24)8-5-14)17(13-28)15-6-9-18(25)19(26)12-15/h4-9,12,17,20H,10-11,13H2,1-3H3,(H,27,29)/t17-,20-/m0/s1. The third-order valence-electron chi connectivity index (χ3n) is 5.06. The lowest BCUT2D eigenvalue weighted by molar-refractivity contribution is 0.0177. The number of carbonyl (C=O) groups is 2. The molecule has 0 aliphatic carbocycles. The van der Waals surface area contributed by atoms with Crippen LogP contribution < -0.4 is 5.32 Å². The van der Waals surface area contributed by atoms with Crippen LogP contribution in [-0.2, 0) is 4.74 Å². The number of ether oxygens (including phenoxy) is 1. The molecular weight excluding hydrogens is 459 g/mol. The highest BCUT2D eigenvalue weighted by molar-refractivity contribution is 6.42. The molecule has 2 amide bonds. The van der Waals surface area contributed by atoms with Crippen LogP contribution in [0.5, 0.6) is 0 Å². The van der Waals surface area contributed by atoms with Gasteiger partial charge >= 0.3 is 6.09 Å². The molecule has 8 heteroatoms. The van der Waals surface area contributed by atoms with Gasteiger partial charge in [0.1, 0.15) is 5.60 Å². The summed E-state index contributed by atoms with van der Waals surface area (Å²) in [4.78, 5) is 27.1. The predicted molar refractivity (Wildman–Crippen MR) is 124 cm³/mol. The van der Waals surface area contributed by atoms with Crippen LogP contribution in [0.3, 0.4) is 0 Å². The second-order valence-corrected chi connectivity index (χ2v) is 9.83. The first-order valence-corrected chi connectivity index (χ1v) is 11.2. The first-order valence-electron chi connectivity index (χ1n) is 10.0. The fraction of sp³-hybridized carbons (Fsp3) is 0.391. The zero-order chi connectivity index (χ0) is 22.8. The van der Waals surface area contributed by atoms with Crippen molar-refractivity contribution >= 4 is 46.8 Å². The fourth-order valence-corrected chi connectivity index (χ4v) is 3.98. The molecule has 0 bridgehead atoms. The molecule has 1 aliphatic rings. The van der Waals surface area contributed by atoms with Gasteiger partial charge in [0.25, 0.3) is 5.91 Å². The number of hydrogen-bond donors (Lipinski definition) is 1. The van der Waals surface area contributed by atoms with E-state index in [2.05, 4.69) is 5.32 Å². The van der Waals surface area contributed by atoms with E-state index in [1.807, 2.05) is 26.8 Å². The quantitative estimate of drug-likeness (QED) is 0.568. The number of piperidine rings is 1. The summed E-state index contributed by atoms with van der Waals surface area (Å²) >= 11 is 18.3. The summed E-state index contributed by atoms with van der Waals surface area (Å²) in [6.07, 6.45) is 0.198. The van der Waals surface area contributed by atoms with E-state index in [4.69, 9.17) is 39.5 Å². The summed E-state index contributed by atoms with van der Waals surface area (Å²) in [5, 5.41) is 4.55. The van der Waals surface area contributed by atoms with Crippen molar-refractivity contribution in [1.29, 1.82) is 0 Å². The Labute approximate surface area is 197 Å². The van der Waals surface area contributed by atoms with Gasteiger partial charge in [-0.05, 0) is 69.2 Å². The van der Waals surface area contributed by atoms with Gasteiger partial charge < -0.3 is 15.0 Å². The van der Waals surface area contributed by atoms with Crippen LogP contribution in [0.1, 0.15) is 49.0 Å². The summed E-state index contributed by atoms with van der Waals surface area (Å²) in [5.41, 5.74) is 0.825. The van der Waals surface area contributed by atoms with Crippen LogP contribution in [0.2, 0.25) is 15.1 Å². The van der Waals surface area contributed by atoms with E-state index in [0.717, 1.165) is 5.56 Å². The minimum absolute atomic E-state index is 0.174. The Hall–Kier alpha value is -1.95. The van der Waals surface area contributed by atoms with Gasteiger partial charge in [-0.1, -0.05) is 40.9 Å². The summed E-state index contributed by atoms with van der Waals surface area (Å²) in [6, 6.07) is 11.9. The molecule has 166 valence electrons. The van der Waals surface area contributed by atoms with Crippen LogP contribution in [0.4, 0.5) is 4.79 Å². The third-order valence-corrected chi connectivity index (χ3v) is 6.05. The maximum atomic E-state index is 12.8. The Morgan fingerprint density at radius 1 is 1.03 bits per heavy atom. The van der Waals surface area contributed by atoms with Crippen molar-refractivity contribution in [2.75, 3.05) is 13.1 Å². The summed E-state index contributed by atoms with van der Waals surface area (Å²) in [6.45, 7) is 6.36. The summed E-state index contributed by atoms with van der Waals surface area (Å²) in [5.74, 6) is -0.371. The lowest BCUT2D eigenvalue weighted by Crippen LogP contribution is -2.52. The van der Waals surface area contributed by atoms with Crippen molar-refractivity contribution in [3.63, 3.8) is 0 Å². The van der Waals surface area contributed by atoms with E-state index >= 15 is 0 Å². The molecule has 1 N–H and O–H groups in total. The van der Waals surface area contributed by atoms with E-state index < -0.39 is 5.60 Å². The minimum Gasteiger partial charge on any atom is -0.444 e. The topological polar surface area (TPSA) is 58.6 Å². The van der Waals surface area contributed by atoms with Crippen LogP contribution >= 0.6 is 34.8 Å². The van der Waals surface area contributed by atoms with Crippen LogP contribution in [0.25, 0.3) is 0 Å². The highest BCUT2D eigenvalue weighted by atomic mass is 35.5. The Bertz CT molecular complexity index is 958. The third kappa shape index (κ3) is 6.28. The van der Waals surface area contributed by atoms with Gasteiger partial charge in [-0.2, -0.15) is 0 Å². The van der Waals surface area contributed by atoms with Gasteiger partial charge in [0.15, 0.2) is 0 Å². The molecule has 0 unspecified atom stereocenters. The molecule has 2 aromatic carbocycles. The average molecular weight is 484 g/mol. The van der Waals surface area contributed by atoms with Crippen LogP contribution in [0, 0.1) is 0 Å². The largest absolute Gasteiger partial charge is 0.444 e. The number of rotatable bonds is 3. The lowest BCUT2D eigenvalue weighted by atomic mass is 9.86. The van der Waals surface area contributed by atoms with Crippen molar-refractivity contribution in [2.45, 2.75) is 44.8 Å². The number of benzene rings is 2. The summed E-state index contributed by atoms with van der Waals surface area (Å²) < 4.78 is 5.54. The second kappa shape index (κ2) is 9.68. The predicted octanol–water partition coefficient (Wildman–Crippen LogP) is 6.17. The van der Waals surface area contributed by atoms with Gasteiger partial charge in [0.2, 0.25) is 0 Å². The van der Waals surface area contributed by atoms with E-state index in [9.17, 15) is 9.59 Å². The minimum atomic E-state index is -0.587. The molecule has 1 saturated heterocycles. The molecule has 3 rings (SSSR count). The molecule has 31 heavy (non-hydrogen) atoms. The number of amides is 2. The number of nitrogens with one attached hydrogen (secondary N) is 1. The van der Waals surface area contributed by atoms with E-state index in [1.54, 1.807) is 41.3 Å². The first-order chi connectivity index (χ1) is 14.5. The molecular formula is C23H25Cl3N2O3. The zero-order valence-corrected chi connectivity index (χ0v) is 19.9. The fourth-order valence-electron chi connectivity index (χ4n) is 3.55. The maximum absolute atomic E-state index is 12.8. The van der Waals surface area contributed by atoms with Gasteiger partial charge in [-0.25, -0.2) is 4.79 Å². The van der Waals surface area contributed by atoms with Gasteiger partial charge in [-0.15, -0.1) is 0 Å². The van der Waals surface area contributed by atoms with Crippen molar-refractivity contribution in [1.82, 2.24) is 10.2 Å². The number of hydrogen-bond acceptors (Lipinski definition) is 3. The zero-order valence-electron chi connectivity index (χ0n) is 17.6. The second-order valence-electron chi connectivity index (χ2n) is 8.58. The van der Waals surface area contributed by atoms with Crippen LogP contribution in [-0.4, -0.2) is 41.6 Å². The molecule has 0 saturated carbocycles. The average Bonchev–Trinajstić information content (AvgIpc) is 2.69. The molecule has 0 spiro atoms. The molecule has 0 radical (unpaired) electrons. The number of nitrogens with zero attached hydrogens (tertiary/aromatic N) is 1. The van der Waals surface area contributed by atoms with Crippen molar-refractivity contribution < 1.29 is 14.3 Å². The maximum Gasteiger partial charge on any atom is 0.410 e. The monoisotopic (exact) mass is 482 g/mol. The SMILES string of the molecule is CC(C)(C)OC(=O)N1CC[C@H](NC(=O)c2ccc(Cl)cc2)[C@H](c2ccc(Cl)c(Cl)c2)C1. The number of halogens is 3. The number of carbonyl (C=O) groups excluding carboxylic acids is 2. The Balaban J connectivity index is 1.83. The van der Waals surface area contributed by atoms with E-state index in [1.165, 1.54) is 0 Å².